The Bertz CT molecular complexity index is 407. The van der Waals surface area contributed by atoms with Gasteiger partial charge in [-0.15, -0.1) is 0 Å². The number of ether oxygens (including phenoxy) is 1. The zero-order chi connectivity index (χ0) is 18.1. The second kappa shape index (κ2) is 10.9. The van der Waals surface area contributed by atoms with Gasteiger partial charge in [0.2, 0.25) is 0 Å². The summed E-state index contributed by atoms with van der Waals surface area (Å²) in [6.45, 7) is 1.70. The van der Waals surface area contributed by atoms with E-state index in [1.807, 2.05) is 6.92 Å². The monoisotopic (exact) mass is 354 g/mol. The third kappa shape index (κ3) is 7.07. The van der Waals surface area contributed by atoms with Gasteiger partial charge in [-0.3, -0.25) is 14.0 Å². The zero-order valence-corrected chi connectivity index (χ0v) is 15.8. The van der Waals surface area contributed by atoms with Crippen LogP contribution in [0.4, 0.5) is 4.39 Å². The first-order chi connectivity index (χ1) is 12.1. The van der Waals surface area contributed by atoms with Gasteiger partial charge in [0.1, 0.15) is 11.9 Å². The van der Waals surface area contributed by atoms with Crippen molar-refractivity contribution in [2.75, 3.05) is 6.67 Å². The fourth-order valence-corrected chi connectivity index (χ4v) is 4.39. The standard InChI is InChI=1S/C21H35FO3/c1-2-19(23)12-7-17-5-10-18(11-6-17)21(24)25-20-13-8-16(9-14-20)4-3-15-22/h16-18,20H,2-15H2,1H3/t16-,17-,18-,20-. The van der Waals surface area contributed by atoms with Crippen molar-refractivity contribution in [2.45, 2.75) is 96.5 Å². The summed E-state index contributed by atoms with van der Waals surface area (Å²) < 4.78 is 18.0. The predicted octanol–water partition coefficient (Wildman–Crippen LogP) is 5.40. The van der Waals surface area contributed by atoms with Crippen molar-refractivity contribution in [3.63, 3.8) is 0 Å². The predicted molar refractivity (Wildman–Crippen MR) is 97.0 cm³/mol. The molecule has 2 rings (SSSR count). The average molecular weight is 355 g/mol. The van der Waals surface area contributed by atoms with Crippen LogP contribution in [-0.4, -0.2) is 24.5 Å². The summed E-state index contributed by atoms with van der Waals surface area (Å²) in [7, 11) is 0. The van der Waals surface area contributed by atoms with Crippen molar-refractivity contribution in [1.29, 1.82) is 0 Å². The molecular formula is C21H35FO3. The highest BCUT2D eigenvalue weighted by Crippen LogP contribution is 2.34. The first-order valence-electron chi connectivity index (χ1n) is 10.4. The van der Waals surface area contributed by atoms with Crippen LogP contribution in [0.5, 0.6) is 0 Å². The second-order valence-corrected chi connectivity index (χ2v) is 8.06. The molecule has 0 saturated heterocycles. The van der Waals surface area contributed by atoms with Gasteiger partial charge in [-0.1, -0.05) is 6.92 Å². The van der Waals surface area contributed by atoms with Gasteiger partial charge in [-0.25, -0.2) is 0 Å². The van der Waals surface area contributed by atoms with E-state index in [9.17, 15) is 14.0 Å². The van der Waals surface area contributed by atoms with Gasteiger partial charge in [0, 0.05) is 12.8 Å². The van der Waals surface area contributed by atoms with Crippen molar-refractivity contribution in [3.8, 4) is 0 Å². The average Bonchev–Trinajstić information content (AvgIpc) is 2.65. The van der Waals surface area contributed by atoms with Crippen LogP contribution in [0.2, 0.25) is 0 Å². The SMILES string of the molecule is CCC(=O)CC[C@H]1CC[C@H](C(=O)O[C@H]2CC[C@H](CCCF)CC2)CC1. The molecule has 3 nitrogen and oxygen atoms in total. The molecule has 2 aliphatic carbocycles. The molecule has 4 heteroatoms. The van der Waals surface area contributed by atoms with Crippen LogP contribution in [0.25, 0.3) is 0 Å². The molecule has 144 valence electrons. The molecule has 0 N–H and O–H groups in total. The summed E-state index contributed by atoms with van der Waals surface area (Å²) in [5.74, 6) is 1.62. The lowest BCUT2D eigenvalue weighted by atomic mass is 9.79. The number of carbonyl (C=O) groups excluding carboxylic acids is 2. The smallest absolute Gasteiger partial charge is 0.309 e. The molecule has 0 aromatic rings. The number of ketones is 1. The topological polar surface area (TPSA) is 43.4 Å². The normalized spacial score (nSPS) is 30.0. The summed E-state index contributed by atoms with van der Waals surface area (Å²) >= 11 is 0. The Balaban J connectivity index is 1.62. The molecular weight excluding hydrogens is 319 g/mol. The minimum atomic E-state index is -0.218. The third-order valence-electron chi connectivity index (χ3n) is 6.23. The van der Waals surface area contributed by atoms with Crippen molar-refractivity contribution in [3.05, 3.63) is 0 Å². The fourth-order valence-electron chi connectivity index (χ4n) is 4.39. The number of hydrogen-bond donors (Lipinski definition) is 0. The summed E-state index contributed by atoms with van der Waals surface area (Å²) in [5, 5.41) is 0. The molecule has 0 amide bonds. The van der Waals surface area contributed by atoms with E-state index in [1.165, 1.54) is 0 Å². The molecule has 2 saturated carbocycles. The van der Waals surface area contributed by atoms with Crippen LogP contribution in [-0.2, 0) is 14.3 Å². The van der Waals surface area contributed by atoms with Crippen LogP contribution in [0.1, 0.15) is 90.4 Å². The van der Waals surface area contributed by atoms with Crippen LogP contribution in [0.3, 0.4) is 0 Å². The largest absolute Gasteiger partial charge is 0.462 e. The molecule has 0 aromatic heterocycles. The first-order valence-corrected chi connectivity index (χ1v) is 10.4. The molecule has 0 aliphatic heterocycles. The van der Waals surface area contributed by atoms with Gasteiger partial charge in [0.05, 0.1) is 12.6 Å². The summed E-state index contributed by atoms with van der Waals surface area (Å²) in [4.78, 5) is 23.9. The molecule has 0 radical (unpaired) electrons. The Labute approximate surface area is 152 Å². The van der Waals surface area contributed by atoms with E-state index in [2.05, 4.69) is 0 Å². The lowest BCUT2D eigenvalue weighted by molar-refractivity contribution is -0.157. The minimum absolute atomic E-state index is 0.00436. The summed E-state index contributed by atoms with van der Waals surface area (Å²) in [6, 6.07) is 0. The van der Waals surface area contributed by atoms with Crippen molar-refractivity contribution in [2.24, 2.45) is 17.8 Å². The molecule has 2 aliphatic rings. The van der Waals surface area contributed by atoms with Crippen LogP contribution in [0.15, 0.2) is 0 Å². The second-order valence-electron chi connectivity index (χ2n) is 8.06. The van der Waals surface area contributed by atoms with E-state index in [4.69, 9.17) is 4.74 Å². The highest BCUT2D eigenvalue weighted by Gasteiger charge is 2.30. The molecule has 0 spiro atoms. The molecule has 0 aromatic carbocycles. The number of alkyl halides is 1. The molecule has 0 atom stereocenters. The zero-order valence-electron chi connectivity index (χ0n) is 15.8. The minimum Gasteiger partial charge on any atom is -0.462 e. The highest BCUT2D eigenvalue weighted by molar-refractivity contribution is 5.77. The van der Waals surface area contributed by atoms with Gasteiger partial charge in [-0.05, 0) is 82.5 Å². The van der Waals surface area contributed by atoms with E-state index in [1.54, 1.807) is 0 Å². The van der Waals surface area contributed by atoms with Crippen molar-refractivity contribution < 1.29 is 18.7 Å². The van der Waals surface area contributed by atoms with Gasteiger partial charge in [-0.2, -0.15) is 0 Å². The number of rotatable bonds is 9. The maximum atomic E-state index is 12.4. The maximum Gasteiger partial charge on any atom is 0.309 e. The van der Waals surface area contributed by atoms with Gasteiger partial charge < -0.3 is 4.74 Å². The lowest BCUT2D eigenvalue weighted by Crippen LogP contribution is -2.30. The lowest BCUT2D eigenvalue weighted by Gasteiger charge is -2.31. The Morgan fingerprint density at radius 3 is 2.12 bits per heavy atom. The molecule has 2 fully saturated rings. The Morgan fingerprint density at radius 1 is 0.920 bits per heavy atom. The van der Waals surface area contributed by atoms with E-state index in [-0.39, 0.29) is 24.7 Å². The number of hydrogen-bond acceptors (Lipinski definition) is 3. The van der Waals surface area contributed by atoms with Gasteiger partial charge in [0.15, 0.2) is 0 Å². The fraction of sp³-hybridized carbons (Fsp3) is 0.905. The number of Topliss-reactive ketones (excluding diaryl/α,β-unsaturated/α-hetero) is 1. The van der Waals surface area contributed by atoms with E-state index < -0.39 is 0 Å². The Hall–Kier alpha value is -0.930. The quantitative estimate of drug-likeness (QED) is 0.520. The Morgan fingerprint density at radius 2 is 1.52 bits per heavy atom. The Kier molecular flexibility index (Phi) is 8.91. The van der Waals surface area contributed by atoms with Crippen LogP contribution in [0, 0.1) is 17.8 Å². The third-order valence-corrected chi connectivity index (χ3v) is 6.23. The maximum absolute atomic E-state index is 12.4. The van der Waals surface area contributed by atoms with Gasteiger partial charge in [0.25, 0.3) is 0 Å². The molecule has 25 heavy (non-hydrogen) atoms. The first kappa shape index (κ1) is 20.4. The number of carbonyl (C=O) groups is 2. The number of esters is 1. The molecule has 0 unspecified atom stereocenters. The van der Waals surface area contributed by atoms with Crippen molar-refractivity contribution in [1.82, 2.24) is 0 Å². The van der Waals surface area contributed by atoms with E-state index >= 15 is 0 Å². The summed E-state index contributed by atoms with van der Waals surface area (Å²) in [5.41, 5.74) is 0. The van der Waals surface area contributed by atoms with E-state index in [0.29, 0.717) is 36.9 Å². The summed E-state index contributed by atoms with van der Waals surface area (Å²) in [6.07, 6.45) is 12.0. The molecule has 0 heterocycles. The highest BCUT2D eigenvalue weighted by atomic mass is 19.1. The number of halogens is 1. The van der Waals surface area contributed by atoms with Gasteiger partial charge >= 0.3 is 5.97 Å². The van der Waals surface area contributed by atoms with Crippen molar-refractivity contribution >= 4 is 11.8 Å². The van der Waals surface area contributed by atoms with Crippen LogP contribution >= 0.6 is 0 Å². The van der Waals surface area contributed by atoms with E-state index in [0.717, 1.165) is 64.2 Å². The van der Waals surface area contributed by atoms with Crippen LogP contribution < -0.4 is 0 Å². The molecule has 0 bridgehead atoms.